The Kier molecular flexibility index (Phi) is 2.14. The van der Waals surface area contributed by atoms with E-state index in [1.54, 1.807) is 12.1 Å². The molecule has 1 aromatic carbocycles. The summed E-state index contributed by atoms with van der Waals surface area (Å²) in [6, 6.07) is 3.35. The molecule has 0 amide bonds. The second-order valence-electron chi connectivity index (χ2n) is 2.15. The zero-order valence-corrected chi connectivity index (χ0v) is 7.35. The molecule has 3 nitrogen and oxygen atoms in total. The summed E-state index contributed by atoms with van der Waals surface area (Å²) in [6.07, 6.45) is 1.19. The molecule has 0 heterocycles. The van der Waals surface area contributed by atoms with E-state index >= 15 is 0 Å². The summed E-state index contributed by atoms with van der Waals surface area (Å²) in [5.74, 6) is 0. The lowest BCUT2D eigenvalue weighted by Crippen LogP contribution is -1.96. The van der Waals surface area contributed by atoms with E-state index in [-0.39, 0.29) is 0 Å². The van der Waals surface area contributed by atoms with Gasteiger partial charge in [-0.3, -0.25) is 0 Å². The molecule has 0 saturated heterocycles. The fourth-order valence-electron chi connectivity index (χ4n) is 0.748. The van der Waals surface area contributed by atoms with Gasteiger partial charge in [0.1, 0.15) is 0 Å². The number of nitrogens with two attached hydrogens (primary N) is 2. The van der Waals surface area contributed by atoms with Crippen LogP contribution in [0.2, 0.25) is 0 Å². The van der Waals surface area contributed by atoms with Crippen molar-refractivity contribution in [2.24, 2.45) is 0 Å². The van der Waals surface area contributed by atoms with Crippen LogP contribution in [-0.4, -0.2) is 6.21 Å². The van der Waals surface area contributed by atoms with E-state index in [1.165, 1.54) is 6.21 Å². The minimum atomic E-state index is 0.528. The zero-order valence-electron chi connectivity index (χ0n) is 5.76. The Morgan fingerprint density at radius 3 is 2.45 bits per heavy atom. The smallest absolute Gasteiger partial charge is 0.0479 e. The highest BCUT2D eigenvalue weighted by Crippen LogP contribution is 2.24. The average Bonchev–Trinajstić information content (AvgIpc) is 1.97. The lowest BCUT2D eigenvalue weighted by Gasteiger charge is -2.02. The second-order valence-corrected chi connectivity index (χ2v) is 3.00. The molecule has 0 unspecified atom stereocenters. The van der Waals surface area contributed by atoms with Crippen LogP contribution >= 0.6 is 15.9 Å². The predicted octanol–water partition coefficient (Wildman–Crippen LogP) is 1.61. The summed E-state index contributed by atoms with van der Waals surface area (Å²) in [4.78, 5) is 0. The minimum Gasteiger partial charge on any atom is -0.398 e. The van der Waals surface area contributed by atoms with Gasteiger partial charge >= 0.3 is 0 Å². The first-order valence-electron chi connectivity index (χ1n) is 3.00. The van der Waals surface area contributed by atoms with Crippen LogP contribution in [0.5, 0.6) is 0 Å². The normalized spacial score (nSPS) is 9.55. The van der Waals surface area contributed by atoms with Crippen LogP contribution in [-0.2, 0) is 0 Å². The van der Waals surface area contributed by atoms with Crippen molar-refractivity contribution in [2.45, 2.75) is 0 Å². The lowest BCUT2D eigenvalue weighted by atomic mass is 10.2. The highest BCUT2D eigenvalue weighted by atomic mass is 79.9. The Hall–Kier alpha value is -1.03. The standard InChI is InChI=1S/C7H8BrN3/c8-5-1-4(3-9)6(10)2-7(5)11/h1-3,9H,10-11H2. The number of nitrogen functional groups attached to an aromatic ring is 2. The zero-order chi connectivity index (χ0) is 8.43. The maximum absolute atomic E-state index is 6.99. The van der Waals surface area contributed by atoms with Crippen molar-refractivity contribution in [1.29, 1.82) is 5.41 Å². The maximum Gasteiger partial charge on any atom is 0.0479 e. The van der Waals surface area contributed by atoms with Gasteiger partial charge in [-0.25, -0.2) is 0 Å². The number of hydrogen-bond donors (Lipinski definition) is 3. The molecule has 0 spiro atoms. The molecule has 1 rings (SSSR count). The molecule has 1 aromatic rings. The molecule has 5 N–H and O–H groups in total. The molecule has 58 valence electrons. The SMILES string of the molecule is N=Cc1cc(Br)c(N)cc1N. The van der Waals surface area contributed by atoms with Crippen LogP contribution in [0.3, 0.4) is 0 Å². The molecule has 0 fully saturated rings. The van der Waals surface area contributed by atoms with Crippen molar-refractivity contribution in [3.63, 3.8) is 0 Å². The number of rotatable bonds is 1. The molecule has 11 heavy (non-hydrogen) atoms. The molecule has 0 aliphatic rings. The number of anilines is 2. The highest BCUT2D eigenvalue weighted by Gasteiger charge is 2.00. The Labute approximate surface area is 73.0 Å². The Bertz CT molecular complexity index is 296. The third-order valence-electron chi connectivity index (χ3n) is 1.36. The van der Waals surface area contributed by atoms with Gasteiger partial charge in [0.15, 0.2) is 0 Å². The fourth-order valence-corrected chi connectivity index (χ4v) is 1.11. The molecule has 0 bridgehead atoms. The van der Waals surface area contributed by atoms with Crippen molar-refractivity contribution < 1.29 is 0 Å². The number of halogens is 1. The first-order valence-corrected chi connectivity index (χ1v) is 3.79. The summed E-state index contributed by atoms with van der Waals surface area (Å²) in [7, 11) is 0. The van der Waals surface area contributed by atoms with Gasteiger partial charge in [0, 0.05) is 27.6 Å². The third kappa shape index (κ3) is 1.51. The Morgan fingerprint density at radius 1 is 1.27 bits per heavy atom. The van der Waals surface area contributed by atoms with Crippen LogP contribution in [0.1, 0.15) is 5.56 Å². The van der Waals surface area contributed by atoms with E-state index in [1.807, 2.05) is 0 Å². The first-order chi connectivity index (χ1) is 5.15. The van der Waals surface area contributed by atoms with E-state index in [9.17, 15) is 0 Å². The molecule has 0 aromatic heterocycles. The summed E-state index contributed by atoms with van der Waals surface area (Å²) < 4.78 is 0.769. The van der Waals surface area contributed by atoms with Gasteiger partial charge in [-0.05, 0) is 28.1 Å². The number of nitrogens with one attached hydrogen (secondary N) is 1. The maximum atomic E-state index is 6.99. The van der Waals surface area contributed by atoms with Crippen molar-refractivity contribution in [3.05, 3.63) is 22.2 Å². The van der Waals surface area contributed by atoms with E-state index in [0.29, 0.717) is 16.9 Å². The van der Waals surface area contributed by atoms with Gasteiger partial charge in [-0.15, -0.1) is 0 Å². The van der Waals surface area contributed by atoms with Crippen LogP contribution in [0.4, 0.5) is 11.4 Å². The van der Waals surface area contributed by atoms with Gasteiger partial charge in [0.2, 0.25) is 0 Å². The van der Waals surface area contributed by atoms with Crippen LogP contribution in [0.25, 0.3) is 0 Å². The second kappa shape index (κ2) is 2.92. The summed E-state index contributed by atoms with van der Waals surface area (Å²) in [5, 5.41) is 6.99. The van der Waals surface area contributed by atoms with Crippen molar-refractivity contribution in [1.82, 2.24) is 0 Å². The molecule has 0 aliphatic heterocycles. The molecular formula is C7H8BrN3. The van der Waals surface area contributed by atoms with Gasteiger partial charge < -0.3 is 16.9 Å². The van der Waals surface area contributed by atoms with Gasteiger partial charge in [-0.2, -0.15) is 0 Å². The van der Waals surface area contributed by atoms with Gasteiger partial charge in [0.25, 0.3) is 0 Å². The fraction of sp³-hybridized carbons (Fsp3) is 0. The van der Waals surface area contributed by atoms with Crippen molar-refractivity contribution in [2.75, 3.05) is 11.5 Å². The summed E-state index contributed by atoms with van der Waals surface area (Å²) in [6.45, 7) is 0. The highest BCUT2D eigenvalue weighted by molar-refractivity contribution is 9.10. The summed E-state index contributed by atoms with van der Waals surface area (Å²) >= 11 is 3.24. The molecule has 0 saturated carbocycles. The first kappa shape index (κ1) is 8.07. The van der Waals surface area contributed by atoms with Crippen molar-refractivity contribution in [3.8, 4) is 0 Å². The molecule has 0 radical (unpaired) electrons. The lowest BCUT2D eigenvalue weighted by molar-refractivity contribution is 1.52. The van der Waals surface area contributed by atoms with Crippen LogP contribution in [0.15, 0.2) is 16.6 Å². The van der Waals surface area contributed by atoms with Gasteiger partial charge in [0.05, 0.1) is 0 Å². The average molecular weight is 214 g/mol. The minimum absolute atomic E-state index is 0.528. The number of hydrogen-bond acceptors (Lipinski definition) is 3. The Morgan fingerprint density at radius 2 is 1.91 bits per heavy atom. The largest absolute Gasteiger partial charge is 0.398 e. The monoisotopic (exact) mass is 213 g/mol. The Balaban J connectivity index is 3.31. The third-order valence-corrected chi connectivity index (χ3v) is 2.04. The van der Waals surface area contributed by atoms with Gasteiger partial charge in [-0.1, -0.05) is 0 Å². The van der Waals surface area contributed by atoms with E-state index in [4.69, 9.17) is 16.9 Å². The van der Waals surface area contributed by atoms with Crippen LogP contribution in [0, 0.1) is 5.41 Å². The molecule has 0 atom stereocenters. The number of benzene rings is 1. The molecule has 4 heteroatoms. The molecular weight excluding hydrogens is 206 g/mol. The van der Waals surface area contributed by atoms with E-state index in [0.717, 1.165) is 4.47 Å². The van der Waals surface area contributed by atoms with Crippen LogP contribution < -0.4 is 11.5 Å². The topological polar surface area (TPSA) is 75.9 Å². The quantitative estimate of drug-likeness (QED) is 0.490. The molecule has 0 aliphatic carbocycles. The van der Waals surface area contributed by atoms with E-state index in [2.05, 4.69) is 15.9 Å². The predicted molar refractivity (Wildman–Crippen MR) is 50.9 cm³/mol. The van der Waals surface area contributed by atoms with E-state index < -0.39 is 0 Å². The van der Waals surface area contributed by atoms with Crippen molar-refractivity contribution >= 4 is 33.5 Å². The summed E-state index contributed by atoms with van der Waals surface area (Å²) in [5.41, 5.74) is 12.9.